The van der Waals surface area contributed by atoms with E-state index in [1.807, 2.05) is 6.07 Å². The number of aromatic nitrogens is 5. The van der Waals surface area contributed by atoms with Gasteiger partial charge in [-0.2, -0.15) is 5.10 Å². The Kier molecular flexibility index (Phi) is 5.57. The van der Waals surface area contributed by atoms with Crippen molar-refractivity contribution in [2.75, 3.05) is 37.7 Å². The first kappa shape index (κ1) is 17.8. The van der Waals surface area contributed by atoms with Crippen molar-refractivity contribution in [1.82, 2.24) is 30.0 Å². The van der Waals surface area contributed by atoms with Gasteiger partial charge in [0.25, 0.3) is 0 Å². The van der Waals surface area contributed by atoms with Crippen LogP contribution in [-0.4, -0.2) is 63.5 Å². The second kappa shape index (κ2) is 8.43. The summed E-state index contributed by atoms with van der Waals surface area (Å²) in [6.45, 7) is 4.02. The fraction of sp³-hybridized carbons (Fsp3) is 0.611. The maximum Gasteiger partial charge on any atom is 0.223 e. The van der Waals surface area contributed by atoms with E-state index < -0.39 is 0 Å². The number of hydrogen-bond donors (Lipinski definition) is 1. The van der Waals surface area contributed by atoms with Gasteiger partial charge in [-0.05, 0) is 31.6 Å². The van der Waals surface area contributed by atoms with Crippen LogP contribution in [0.5, 0.6) is 0 Å². The van der Waals surface area contributed by atoms with E-state index in [-0.39, 0.29) is 11.8 Å². The highest BCUT2D eigenvalue weighted by molar-refractivity contribution is 5.79. The molecule has 9 heteroatoms. The van der Waals surface area contributed by atoms with Crippen LogP contribution < -0.4 is 10.2 Å². The topological polar surface area (TPSA) is 98.1 Å². The van der Waals surface area contributed by atoms with Gasteiger partial charge in [-0.3, -0.25) is 4.79 Å². The first-order valence-corrected chi connectivity index (χ1v) is 9.57. The number of carbonyl (C=O) groups is 1. The van der Waals surface area contributed by atoms with Crippen LogP contribution in [0.3, 0.4) is 0 Å². The van der Waals surface area contributed by atoms with E-state index in [1.165, 1.54) is 6.33 Å². The van der Waals surface area contributed by atoms with E-state index in [4.69, 9.17) is 4.74 Å². The summed E-state index contributed by atoms with van der Waals surface area (Å²) in [4.78, 5) is 27.3. The van der Waals surface area contributed by atoms with Crippen molar-refractivity contribution in [2.45, 2.75) is 25.7 Å². The Morgan fingerprint density at radius 1 is 1.11 bits per heavy atom. The molecule has 1 amide bonds. The molecule has 2 aromatic rings. The average Bonchev–Trinajstić information content (AvgIpc) is 3.28. The second-order valence-corrected chi connectivity index (χ2v) is 7.14. The third-order valence-electron chi connectivity index (χ3n) is 5.39. The molecular weight excluding hydrogens is 346 g/mol. The lowest BCUT2D eigenvalue weighted by atomic mass is 9.95. The van der Waals surface area contributed by atoms with Crippen LogP contribution in [0.15, 0.2) is 25.0 Å². The first-order chi connectivity index (χ1) is 13.3. The van der Waals surface area contributed by atoms with E-state index in [1.54, 1.807) is 17.3 Å². The van der Waals surface area contributed by atoms with E-state index >= 15 is 0 Å². The number of piperidine rings is 1. The van der Waals surface area contributed by atoms with Gasteiger partial charge < -0.3 is 15.0 Å². The molecule has 0 spiro atoms. The zero-order chi connectivity index (χ0) is 18.5. The molecule has 1 N–H and O–H groups in total. The minimum Gasteiger partial charge on any atom is -0.381 e. The van der Waals surface area contributed by atoms with E-state index in [2.05, 4.69) is 30.3 Å². The Balaban J connectivity index is 1.28. The van der Waals surface area contributed by atoms with Crippen molar-refractivity contribution in [2.24, 2.45) is 11.8 Å². The fourth-order valence-electron chi connectivity index (χ4n) is 3.67. The van der Waals surface area contributed by atoms with Crippen LogP contribution in [-0.2, 0) is 9.53 Å². The molecule has 2 aromatic heterocycles. The molecule has 0 atom stereocenters. The molecule has 2 saturated heterocycles. The highest BCUT2D eigenvalue weighted by Crippen LogP contribution is 2.23. The molecule has 0 bridgehead atoms. The number of amides is 1. The average molecular weight is 371 g/mol. The third-order valence-corrected chi connectivity index (χ3v) is 5.39. The summed E-state index contributed by atoms with van der Waals surface area (Å²) >= 11 is 0. The van der Waals surface area contributed by atoms with Crippen LogP contribution in [0.1, 0.15) is 25.7 Å². The molecule has 0 aromatic carbocycles. The normalized spacial score (nSPS) is 19.2. The number of hydrogen-bond acceptors (Lipinski definition) is 7. The molecule has 9 nitrogen and oxygen atoms in total. The van der Waals surface area contributed by atoms with Crippen molar-refractivity contribution >= 4 is 11.7 Å². The van der Waals surface area contributed by atoms with E-state index in [0.717, 1.165) is 64.3 Å². The number of ether oxygens (including phenoxy) is 1. The summed E-state index contributed by atoms with van der Waals surface area (Å²) in [6, 6.07) is 1.90. The van der Waals surface area contributed by atoms with Crippen LogP contribution in [0.4, 0.5) is 5.82 Å². The number of rotatable bonds is 5. The van der Waals surface area contributed by atoms with Gasteiger partial charge in [0.2, 0.25) is 5.91 Å². The van der Waals surface area contributed by atoms with Crippen LogP contribution in [0, 0.1) is 11.8 Å². The summed E-state index contributed by atoms with van der Waals surface area (Å²) in [5.74, 6) is 2.37. The lowest BCUT2D eigenvalue weighted by Crippen LogP contribution is -2.42. The van der Waals surface area contributed by atoms with Gasteiger partial charge in [0.05, 0.1) is 0 Å². The molecule has 27 heavy (non-hydrogen) atoms. The number of nitrogens with zero attached hydrogens (tertiary/aromatic N) is 6. The fourth-order valence-corrected chi connectivity index (χ4v) is 3.67. The first-order valence-electron chi connectivity index (χ1n) is 9.57. The summed E-state index contributed by atoms with van der Waals surface area (Å²) in [5, 5.41) is 7.25. The van der Waals surface area contributed by atoms with Crippen LogP contribution >= 0.6 is 0 Å². The Morgan fingerprint density at radius 3 is 2.63 bits per heavy atom. The molecule has 0 unspecified atom stereocenters. The Hall–Kier alpha value is -2.55. The van der Waals surface area contributed by atoms with E-state index in [9.17, 15) is 4.79 Å². The third kappa shape index (κ3) is 4.41. The number of carbonyl (C=O) groups excluding carboxylic acids is 1. The Labute approximate surface area is 158 Å². The predicted molar refractivity (Wildman–Crippen MR) is 98.4 cm³/mol. The molecule has 4 heterocycles. The summed E-state index contributed by atoms with van der Waals surface area (Å²) < 4.78 is 6.98. The lowest BCUT2D eigenvalue weighted by molar-refractivity contribution is -0.125. The largest absolute Gasteiger partial charge is 0.381 e. The molecule has 2 aliphatic rings. The van der Waals surface area contributed by atoms with Gasteiger partial charge in [0.15, 0.2) is 5.82 Å². The highest BCUT2D eigenvalue weighted by Gasteiger charge is 2.26. The van der Waals surface area contributed by atoms with Crippen molar-refractivity contribution in [1.29, 1.82) is 0 Å². The quantitative estimate of drug-likeness (QED) is 0.831. The molecule has 0 saturated carbocycles. The van der Waals surface area contributed by atoms with Gasteiger partial charge in [-0.15, -0.1) is 0 Å². The zero-order valence-electron chi connectivity index (χ0n) is 15.3. The van der Waals surface area contributed by atoms with Gasteiger partial charge in [0.1, 0.15) is 24.8 Å². The van der Waals surface area contributed by atoms with Gasteiger partial charge in [-0.1, -0.05) is 0 Å². The Morgan fingerprint density at radius 2 is 1.89 bits per heavy atom. The predicted octanol–water partition coefficient (Wildman–Crippen LogP) is 0.816. The maximum absolute atomic E-state index is 12.5. The van der Waals surface area contributed by atoms with Crippen molar-refractivity contribution in [3.05, 3.63) is 25.0 Å². The second-order valence-electron chi connectivity index (χ2n) is 7.14. The number of anilines is 1. The van der Waals surface area contributed by atoms with E-state index in [0.29, 0.717) is 11.7 Å². The van der Waals surface area contributed by atoms with Gasteiger partial charge >= 0.3 is 0 Å². The van der Waals surface area contributed by atoms with Gasteiger partial charge in [-0.25, -0.2) is 19.6 Å². The molecule has 2 fully saturated rings. The molecular formula is C18H25N7O2. The van der Waals surface area contributed by atoms with Crippen molar-refractivity contribution in [3.8, 4) is 5.82 Å². The molecule has 144 valence electrons. The van der Waals surface area contributed by atoms with Crippen LogP contribution in [0.2, 0.25) is 0 Å². The van der Waals surface area contributed by atoms with Crippen molar-refractivity contribution in [3.63, 3.8) is 0 Å². The minimum atomic E-state index is 0.0812. The summed E-state index contributed by atoms with van der Waals surface area (Å²) in [7, 11) is 0. The Bertz CT molecular complexity index is 738. The van der Waals surface area contributed by atoms with Gasteiger partial charge in [0, 0.05) is 44.8 Å². The number of nitrogens with one attached hydrogen (secondary N) is 1. The zero-order valence-corrected chi connectivity index (χ0v) is 15.3. The smallest absolute Gasteiger partial charge is 0.223 e. The van der Waals surface area contributed by atoms with Crippen molar-refractivity contribution < 1.29 is 9.53 Å². The lowest BCUT2D eigenvalue weighted by Gasteiger charge is -2.32. The minimum absolute atomic E-state index is 0.0812. The SMILES string of the molecule is O=C(NCC1CCOCC1)C1CCN(c2cc(-n3cncn3)ncn2)CC1. The summed E-state index contributed by atoms with van der Waals surface area (Å²) in [5.41, 5.74) is 0. The van der Waals surface area contributed by atoms with Crippen LogP contribution in [0.25, 0.3) is 5.82 Å². The molecule has 0 radical (unpaired) electrons. The summed E-state index contributed by atoms with van der Waals surface area (Å²) in [6.07, 6.45) is 8.39. The molecule has 4 rings (SSSR count). The molecule has 0 aliphatic carbocycles. The molecule has 2 aliphatic heterocycles. The maximum atomic E-state index is 12.5. The monoisotopic (exact) mass is 371 g/mol. The highest BCUT2D eigenvalue weighted by atomic mass is 16.5. The standard InChI is InChI=1S/C18H25N7O2/c26-18(20-10-14-3-7-27-8-4-14)15-1-5-24(6-2-15)16-9-17(22-12-21-16)25-13-19-11-23-25/h9,11-15H,1-8,10H2,(H,20,26).